The van der Waals surface area contributed by atoms with E-state index in [1.165, 1.54) is 27.5 Å². The number of hydrogen-bond donors (Lipinski definition) is 1. The summed E-state index contributed by atoms with van der Waals surface area (Å²) in [4.78, 5) is 2.48. The minimum Gasteiger partial charge on any atom is -0.369 e. The summed E-state index contributed by atoms with van der Waals surface area (Å²) in [5, 5.41) is 3.53. The van der Waals surface area contributed by atoms with Gasteiger partial charge in [0.15, 0.2) is 0 Å². The van der Waals surface area contributed by atoms with E-state index in [2.05, 4.69) is 67.2 Å². The van der Waals surface area contributed by atoms with Crippen LogP contribution in [0.15, 0.2) is 27.1 Å². The van der Waals surface area contributed by atoms with Crippen molar-refractivity contribution in [1.82, 2.24) is 5.32 Å². The smallest absolute Gasteiger partial charge is 0.0655 e. The van der Waals surface area contributed by atoms with Crippen LogP contribution in [0.3, 0.4) is 0 Å². The molecule has 1 heterocycles. The van der Waals surface area contributed by atoms with Crippen LogP contribution in [0.2, 0.25) is 0 Å². The van der Waals surface area contributed by atoms with E-state index in [4.69, 9.17) is 0 Å². The lowest BCUT2D eigenvalue weighted by Crippen LogP contribution is -2.27. The summed E-state index contributed by atoms with van der Waals surface area (Å²) >= 11 is 7.31. The molecule has 100 valence electrons. The molecule has 0 aromatic heterocycles. The van der Waals surface area contributed by atoms with Crippen molar-refractivity contribution in [2.45, 2.75) is 19.8 Å². The Labute approximate surface area is 126 Å². The van der Waals surface area contributed by atoms with Gasteiger partial charge in [0.2, 0.25) is 0 Å². The SMILES string of the molecule is CCCNCC1CCN(c2c(Br)cccc2Br)C1. The molecule has 2 nitrogen and oxygen atoms in total. The minimum atomic E-state index is 0.774. The highest BCUT2D eigenvalue weighted by molar-refractivity contribution is 9.11. The zero-order valence-electron chi connectivity index (χ0n) is 10.8. The molecule has 0 amide bonds. The Morgan fingerprint density at radius 3 is 2.72 bits per heavy atom. The molecule has 0 spiro atoms. The van der Waals surface area contributed by atoms with Gasteiger partial charge >= 0.3 is 0 Å². The zero-order chi connectivity index (χ0) is 13.0. The second-order valence-electron chi connectivity index (χ2n) is 4.88. The summed E-state index contributed by atoms with van der Waals surface area (Å²) in [6.45, 7) is 6.80. The lowest BCUT2D eigenvalue weighted by atomic mass is 10.1. The van der Waals surface area contributed by atoms with Gasteiger partial charge in [-0.3, -0.25) is 0 Å². The van der Waals surface area contributed by atoms with Crippen LogP contribution in [0.4, 0.5) is 5.69 Å². The normalized spacial score (nSPS) is 19.5. The van der Waals surface area contributed by atoms with Gasteiger partial charge in [-0.15, -0.1) is 0 Å². The van der Waals surface area contributed by atoms with Gasteiger partial charge in [-0.2, -0.15) is 0 Å². The predicted molar refractivity (Wildman–Crippen MR) is 85.3 cm³/mol. The first-order chi connectivity index (χ1) is 8.72. The molecule has 0 radical (unpaired) electrons. The number of rotatable bonds is 5. The van der Waals surface area contributed by atoms with Crippen LogP contribution >= 0.6 is 31.9 Å². The first-order valence-electron chi connectivity index (χ1n) is 6.62. The van der Waals surface area contributed by atoms with Crippen molar-refractivity contribution in [2.24, 2.45) is 5.92 Å². The molecule has 4 heteroatoms. The average molecular weight is 376 g/mol. The summed E-state index contributed by atoms with van der Waals surface area (Å²) in [7, 11) is 0. The molecule has 1 fully saturated rings. The van der Waals surface area contributed by atoms with Crippen LogP contribution in [0.5, 0.6) is 0 Å². The van der Waals surface area contributed by atoms with Crippen molar-refractivity contribution < 1.29 is 0 Å². The zero-order valence-corrected chi connectivity index (χ0v) is 13.9. The van der Waals surface area contributed by atoms with Gasteiger partial charge in [0.25, 0.3) is 0 Å². The maximum absolute atomic E-state index is 3.65. The molecule has 18 heavy (non-hydrogen) atoms. The van der Waals surface area contributed by atoms with Crippen LogP contribution in [-0.4, -0.2) is 26.2 Å². The Hall–Kier alpha value is -0.0600. The highest BCUT2D eigenvalue weighted by Crippen LogP contribution is 2.36. The van der Waals surface area contributed by atoms with Crippen molar-refractivity contribution in [3.63, 3.8) is 0 Å². The van der Waals surface area contributed by atoms with Crippen molar-refractivity contribution in [1.29, 1.82) is 0 Å². The van der Waals surface area contributed by atoms with Gasteiger partial charge in [-0.05, 0) is 75.8 Å². The fraction of sp³-hybridized carbons (Fsp3) is 0.571. The number of hydrogen-bond acceptors (Lipinski definition) is 2. The number of halogens is 2. The Bertz CT molecular complexity index is 375. The molecule has 1 saturated heterocycles. The number of nitrogens with one attached hydrogen (secondary N) is 1. The van der Waals surface area contributed by atoms with Crippen molar-refractivity contribution in [3.8, 4) is 0 Å². The second-order valence-corrected chi connectivity index (χ2v) is 6.58. The van der Waals surface area contributed by atoms with Crippen LogP contribution < -0.4 is 10.2 Å². The van der Waals surface area contributed by atoms with Gasteiger partial charge in [0, 0.05) is 22.0 Å². The summed E-state index contributed by atoms with van der Waals surface area (Å²) in [5.41, 5.74) is 1.30. The molecule has 0 bridgehead atoms. The van der Waals surface area contributed by atoms with Crippen molar-refractivity contribution >= 4 is 37.5 Å². The monoisotopic (exact) mass is 374 g/mol. The van der Waals surface area contributed by atoms with E-state index in [1.807, 2.05) is 0 Å². The first-order valence-corrected chi connectivity index (χ1v) is 8.20. The third kappa shape index (κ3) is 3.49. The van der Waals surface area contributed by atoms with Gasteiger partial charge < -0.3 is 10.2 Å². The predicted octanol–water partition coefficient (Wildman–Crippen LogP) is 4.04. The maximum atomic E-state index is 3.65. The van der Waals surface area contributed by atoms with E-state index in [9.17, 15) is 0 Å². The van der Waals surface area contributed by atoms with Crippen molar-refractivity contribution in [3.05, 3.63) is 27.1 Å². The highest BCUT2D eigenvalue weighted by atomic mass is 79.9. The standard InChI is InChI=1S/C14H20Br2N2/c1-2-7-17-9-11-6-8-18(10-11)14-12(15)4-3-5-13(14)16/h3-5,11,17H,2,6-10H2,1H3. The van der Waals surface area contributed by atoms with Gasteiger partial charge in [0.05, 0.1) is 5.69 Å². The first kappa shape index (κ1) is 14.4. The summed E-state index contributed by atoms with van der Waals surface area (Å²) in [6, 6.07) is 6.29. The number of anilines is 1. The van der Waals surface area contributed by atoms with Crippen molar-refractivity contribution in [2.75, 3.05) is 31.1 Å². The number of benzene rings is 1. The van der Waals surface area contributed by atoms with Crippen LogP contribution in [0, 0.1) is 5.92 Å². The third-order valence-corrected chi connectivity index (χ3v) is 4.68. The molecular weight excluding hydrogens is 356 g/mol. The molecule has 1 aromatic rings. The molecule has 1 aliphatic rings. The lowest BCUT2D eigenvalue weighted by molar-refractivity contribution is 0.516. The Balaban J connectivity index is 1.96. The van der Waals surface area contributed by atoms with Crippen LogP contribution in [0.25, 0.3) is 0 Å². The third-order valence-electron chi connectivity index (χ3n) is 3.40. The molecule has 2 rings (SSSR count). The van der Waals surface area contributed by atoms with E-state index in [0.717, 1.165) is 32.1 Å². The maximum Gasteiger partial charge on any atom is 0.0655 e. The molecule has 1 aliphatic heterocycles. The largest absolute Gasteiger partial charge is 0.369 e. The van der Waals surface area contributed by atoms with Crippen LogP contribution in [0.1, 0.15) is 19.8 Å². The molecule has 1 unspecified atom stereocenters. The summed E-state index contributed by atoms with van der Waals surface area (Å²) < 4.78 is 2.36. The van der Waals surface area contributed by atoms with E-state index in [1.54, 1.807) is 0 Å². The fourth-order valence-electron chi connectivity index (χ4n) is 2.48. The summed E-state index contributed by atoms with van der Waals surface area (Å²) in [5.74, 6) is 0.774. The Kier molecular flexibility index (Phi) is 5.52. The number of nitrogens with zero attached hydrogens (tertiary/aromatic N) is 1. The van der Waals surface area contributed by atoms with Gasteiger partial charge in [-0.25, -0.2) is 0 Å². The summed E-state index contributed by atoms with van der Waals surface area (Å²) in [6.07, 6.45) is 2.50. The lowest BCUT2D eigenvalue weighted by Gasteiger charge is -2.22. The highest BCUT2D eigenvalue weighted by Gasteiger charge is 2.24. The molecule has 1 N–H and O–H groups in total. The molecule has 0 saturated carbocycles. The topological polar surface area (TPSA) is 15.3 Å². The van der Waals surface area contributed by atoms with E-state index in [0.29, 0.717) is 0 Å². The van der Waals surface area contributed by atoms with Crippen LogP contribution in [-0.2, 0) is 0 Å². The molecular formula is C14H20Br2N2. The molecule has 0 aliphatic carbocycles. The molecule has 1 aromatic carbocycles. The Morgan fingerprint density at radius 1 is 1.33 bits per heavy atom. The second kappa shape index (κ2) is 6.92. The van der Waals surface area contributed by atoms with Gasteiger partial charge in [-0.1, -0.05) is 13.0 Å². The fourth-order valence-corrected chi connectivity index (χ4v) is 3.98. The Morgan fingerprint density at radius 2 is 2.06 bits per heavy atom. The van der Waals surface area contributed by atoms with E-state index >= 15 is 0 Å². The van der Waals surface area contributed by atoms with E-state index < -0.39 is 0 Å². The number of para-hydroxylation sites is 1. The molecule has 1 atom stereocenters. The van der Waals surface area contributed by atoms with E-state index in [-0.39, 0.29) is 0 Å². The minimum absolute atomic E-state index is 0.774. The quantitative estimate of drug-likeness (QED) is 0.781. The van der Waals surface area contributed by atoms with Gasteiger partial charge in [0.1, 0.15) is 0 Å². The average Bonchev–Trinajstić information content (AvgIpc) is 2.78.